The molecule has 0 unspecified atom stereocenters. The number of amides is 3. The first kappa shape index (κ1) is 25.4. The maximum atomic E-state index is 13.0. The van der Waals surface area contributed by atoms with Crippen molar-refractivity contribution in [2.75, 3.05) is 20.1 Å². The van der Waals surface area contributed by atoms with Crippen LogP contribution in [0, 0.1) is 5.41 Å². The Morgan fingerprint density at radius 2 is 1.72 bits per heavy atom. The van der Waals surface area contributed by atoms with E-state index in [4.69, 9.17) is 9.72 Å². The van der Waals surface area contributed by atoms with Crippen LogP contribution in [0.2, 0.25) is 0 Å². The lowest BCUT2D eigenvalue weighted by Gasteiger charge is -2.58. The fourth-order valence-electron chi connectivity index (χ4n) is 5.55. The van der Waals surface area contributed by atoms with Crippen molar-refractivity contribution in [2.24, 2.45) is 5.41 Å². The van der Waals surface area contributed by atoms with Gasteiger partial charge < -0.3 is 20.3 Å². The van der Waals surface area contributed by atoms with Crippen LogP contribution in [-0.4, -0.2) is 64.0 Å². The molecule has 3 amide bonds. The minimum absolute atomic E-state index is 0.0805. The summed E-state index contributed by atoms with van der Waals surface area (Å²) in [6.45, 7) is 6.99. The molecule has 4 aromatic rings. The van der Waals surface area contributed by atoms with Crippen LogP contribution in [-0.2, 0) is 4.74 Å². The Morgan fingerprint density at radius 3 is 2.38 bits per heavy atom. The van der Waals surface area contributed by atoms with Gasteiger partial charge in [-0.1, -0.05) is 23.5 Å². The first-order chi connectivity index (χ1) is 18.5. The highest BCUT2D eigenvalue weighted by molar-refractivity contribution is 7.23. The molecule has 0 bridgehead atoms. The van der Waals surface area contributed by atoms with Crippen LogP contribution >= 0.6 is 11.3 Å². The Bertz CT molecular complexity index is 1600. The Hall–Kier alpha value is -3.92. The summed E-state index contributed by atoms with van der Waals surface area (Å²) in [5.41, 5.74) is 3.60. The van der Waals surface area contributed by atoms with Gasteiger partial charge >= 0.3 is 6.09 Å². The lowest BCUT2D eigenvalue weighted by molar-refractivity contribution is -0.0812. The van der Waals surface area contributed by atoms with Crippen molar-refractivity contribution >= 4 is 44.4 Å². The van der Waals surface area contributed by atoms with Crippen molar-refractivity contribution in [3.05, 3.63) is 59.8 Å². The largest absolute Gasteiger partial charge is 0.444 e. The fourth-order valence-corrected chi connectivity index (χ4v) is 6.60. The maximum Gasteiger partial charge on any atom is 0.410 e. The predicted molar refractivity (Wildman–Crippen MR) is 150 cm³/mol. The monoisotopic (exact) mass is 545 g/mol. The molecule has 1 saturated heterocycles. The van der Waals surface area contributed by atoms with Gasteiger partial charge in [0.1, 0.15) is 5.60 Å². The second-order valence-electron chi connectivity index (χ2n) is 11.6. The molecule has 39 heavy (non-hydrogen) atoms. The zero-order chi connectivity index (χ0) is 27.5. The summed E-state index contributed by atoms with van der Waals surface area (Å²) in [5, 5.41) is 5.78. The van der Waals surface area contributed by atoms with Gasteiger partial charge in [0, 0.05) is 54.5 Å². The number of aromatic nitrogens is 2. The van der Waals surface area contributed by atoms with Crippen LogP contribution in [0.1, 0.15) is 54.3 Å². The van der Waals surface area contributed by atoms with Crippen LogP contribution in [0.25, 0.3) is 26.4 Å². The Labute approximate surface area is 230 Å². The van der Waals surface area contributed by atoms with Crippen LogP contribution in [0.15, 0.2) is 48.7 Å². The number of hydrogen-bond acceptors (Lipinski definition) is 6. The van der Waals surface area contributed by atoms with E-state index in [2.05, 4.69) is 10.6 Å². The summed E-state index contributed by atoms with van der Waals surface area (Å²) >= 11 is 1.54. The summed E-state index contributed by atoms with van der Waals surface area (Å²) in [7, 11) is 1.61. The Kier molecular flexibility index (Phi) is 5.91. The zero-order valence-electron chi connectivity index (χ0n) is 22.4. The average molecular weight is 546 g/mol. The SMILES string of the molecule is CNC(=O)c1ccc(-c2cn3c(n2)sc2cc(C(=O)NC4CC5(C4)CN(C(=O)OC(C)(C)C)C5)ccc23)cc1. The molecule has 10 heteroatoms. The van der Waals surface area contributed by atoms with Gasteiger partial charge in [0.25, 0.3) is 11.8 Å². The number of rotatable bonds is 4. The second-order valence-corrected chi connectivity index (χ2v) is 12.6. The van der Waals surface area contributed by atoms with E-state index in [1.54, 1.807) is 24.1 Å². The van der Waals surface area contributed by atoms with Gasteiger partial charge in [0.2, 0.25) is 0 Å². The van der Waals surface area contributed by atoms with E-state index in [0.717, 1.165) is 39.3 Å². The molecule has 6 rings (SSSR count). The van der Waals surface area contributed by atoms with Crippen LogP contribution in [0.3, 0.4) is 0 Å². The zero-order valence-corrected chi connectivity index (χ0v) is 23.2. The number of hydrogen-bond donors (Lipinski definition) is 2. The molecule has 2 N–H and O–H groups in total. The summed E-state index contributed by atoms with van der Waals surface area (Å²) in [6.07, 6.45) is 3.47. The molecular formula is C29H31N5O4S. The molecule has 1 saturated carbocycles. The topological polar surface area (TPSA) is 105 Å². The predicted octanol–water partition coefficient (Wildman–Crippen LogP) is 4.70. The number of ether oxygens (including phenoxy) is 1. The number of carbonyl (C=O) groups is 3. The van der Waals surface area contributed by atoms with Gasteiger partial charge in [-0.25, -0.2) is 9.78 Å². The summed E-state index contributed by atoms with van der Waals surface area (Å²) in [6, 6.07) is 13.2. The molecule has 1 spiro atoms. The molecule has 0 radical (unpaired) electrons. The van der Waals surface area contributed by atoms with Crippen LogP contribution < -0.4 is 10.6 Å². The van der Waals surface area contributed by atoms with Crippen LogP contribution in [0.4, 0.5) is 4.79 Å². The highest BCUT2D eigenvalue weighted by atomic mass is 32.1. The normalized spacial score (nSPS) is 16.7. The third-order valence-corrected chi connectivity index (χ3v) is 8.44. The van der Waals surface area contributed by atoms with Gasteiger partial charge in [-0.05, 0) is 63.9 Å². The maximum absolute atomic E-state index is 13.0. The Balaban J connectivity index is 1.08. The quantitative estimate of drug-likeness (QED) is 0.387. The average Bonchev–Trinajstić information content (AvgIpc) is 3.40. The highest BCUT2D eigenvalue weighted by Gasteiger charge is 2.54. The van der Waals surface area contributed by atoms with Crippen molar-refractivity contribution in [3.8, 4) is 11.3 Å². The minimum atomic E-state index is -0.494. The number of likely N-dealkylation sites (tertiary alicyclic amines) is 1. The standard InChI is InChI=1S/C29H31N5O4S/c1-28(2,3)38-27(37)33-15-29(16-33)12-20(13-29)31-25(36)19-9-10-22-23(11-19)39-26-32-21(14-34(22)26)17-5-7-18(8-6-17)24(35)30-4/h5-11,14,20H,12-13,15-16H2,1-4H3,(H,30,35)(H,31,36). The number of benzene rings is 2. The molecule has 2 aromatic carbocycles. The van der Waals surface area contributed by atoms with E-state index >= 15 is 0 Å². The third kappa shape index (κ3) is 4.73. The molecule has 2 aromatic heterocycles. The molecule has 2 fully saturated rings. The van der Waals surface area contributed by atoms with Gasteiger partial charge in [0.05, 0.1) is 15.9 Å². The molecule has 9 nitrogen and oxygen atoms in total. The van der Waals surface area contributed by atoms with Crippen molar-refractivity contribution < 1.29 is 19.1 Å². The van der Waals surface area contributed by atoms with E-state index < -0.39 is 5.60 Å². The number of thiazole rings is 1. The summed E-state index contributed by atoms with van der Waals surface area (Å²) in [4.78, 5) is 44.4. The number of nitrogens with zero attached hydrogens (tertiary/aromatic N) is 3. The van der Waals surface area contributed by atoms with E-state index in [-0.39, 0.29) is 29.4 Å². The van der Waals surface area contributed by atoms with Crippen LogP contribution in [0.5, 0.6) is 0 Å². The van der Waals surface area contributed by atoms with E-state index in [1.807, 2.05) is 61.7 Å². The second kappa shape index (κ2) is 9.08. The van der Waals surface area contributed by atoms with E-state index in [9.17, 15) is 14.4 Å². The first-order valence-electron chi connectivity index (χ1n) is 13.1. The van der Waals surface area contributed by atoms with Gasteiger partial charge in [0.15, 0.2) is 4.96 Å². The molecule has 2 aliphatic rings. The highest BCUT2D eigenvalue weighted by Crippen LogP contribution is 2.48. The number of nitrogens with one attached hydrogen (secondary N) is 2. The van der Waals surface area contributed by atoms with Gasteiger partial charge in [-0.2, -0.15) is 0 Å². The summed E-state index contributed by atoms with van der Waals surface area (Å²) in [5.74, 6) is -0.203. The van der Waals surface area contributed by atoms with Crippen molar-refractivity contribution in [1.29, 1.82) is 0 Å². The lowest BCUT2D eigenvalue weighted by Crippen LogP contribution is -2.67. The molecule has 3 heterocycles. The summed E-state index contributed by atoms with van der Waals surface area (Å²) < 4.78 is 8.47. The first-order valence-corrected chi connectivity index (χ1v) is 13.9. The smallest absolute Gasteiger partial charge is 0.410 e. The Morgan fingerprint density at radius 1 is 1.03 bits per heavy atom. The fraction of sp³-hybridized carbons (Fsp3) is 0.379. The molecule has 202 valence electrons. The molecule has 0 atom stereocenters. The van der Waals surface area contributed by atoms with Gasteiger partial charge in [-0.3, -0.25) is 14.0 Å². The number of fused-ring (bicyclic) bond motifs is 3. The molecule has 1 aliphatic heterocycles. The number of carbonyl (C=O) groups excluding carboxylic acids is 3. The molecular weight excluding hydrogens is 514 g/mol. The van der Waals surface area contributed by atoms with Crippen molar-refractivity contribution in [3.63, 3.8) is 0 Å². The third-order valence-electron chi connectivity index (χ3n) is 7.42. The van der Waals surface area contributed by atoms with E-state index in [1.165, 1.54) is 11.3 Å². The van der Waals surface area contributed by atoms with Gasteiger partial charge in [-0.15, -0.1) is 0 Å². The lowest BCUT2D eigenvalue weighted by atomic mass is 9.60. The van der Waals surface area contributed by atoms with Crippen molar-refractivity contribution in [1.82, 2.24) is 24.9 Å². The molecule has 1 aliphatic carbocycles. The number of imidazole rings is 1. The van der Waals surface area contributed by atoms with Crippen molar-refractivity contribution in [2.45, 2.75) is 45.3 Å². The van der Waals surface area contributed by atoms with E-state index in [0.29, 0.717) is 24.2 Å². The minimum Gasteiger partial charge on any atom is -0.444 e.